The second-order valence-electron chi connectivity index (χ2n) is 4.57. The lowest BCUT2D eigenvalue weighted by molar-refractivity contribution is -0.129. The van der Waals surface area contributed by atoms with Crippen LogP contribution in [0.3, 0.4) is 0 Å². The van der Waals surface area contributed by atoms with E-state index in [1.807, 2.05) is 18.2 Å². The van der Waals surface area contributed by atoms with Crippen LogP contribution in [0.4, 0.5) is 0 Å². The van der Waals surface area contributed by atoms with E-state index < -0.39 is 0 Å². The molecule has 0 aliphatic rings. The maximum Gasteiger partial charge on any atom is 0.236 e. The van der Waals surface area contributed by atoms with Crippen molar-refractivity contribution in [3.8, 4) is 11.5 Å². The van der Waals surface area contributed by atoms with Crippen LogP contribution in [0.2, 0.25) is 0 Å². The first-order valence-corrected chi connectivity index (χ1v) is 6.77. The number of hydrogen-bond acceptors (Lipinski definition) is 5. The Morgan fingerprint density at radius 3 is 2.62 bits per heavy atom. The first kappa shape index (κ1) is 17.3. The summed E-state index contributed by atoms with van der Waals surface area (Å²) in [4.78, 5) is 13.7. The first-order valence-electron chi connectivity index (χ1n) is 6.77. The highest BCUT2D eigenvalue weighted by Crippen LogP contribution is 2.31. The molecule has 0 saturated carbocycles. The quantitative estimate of drug-likeness (QED) is 0.686. The van der Waals surface area contributed by atoms with Crippen molar-refractivity contribution in [3.05, 3.63) is 23.8 Å². The molecule has 6 nitrogen and oxygen atoms in total. The number of amides is 1. The molecule has 0 atom stereocenters. The highest BCUT2D eigenvalue weighted by Gasteiger charge is 2.14. The Morgan fingerprint density at radius 1 is 1.24 bits per heavy atom. The second kappa shape index (κ2) is 9.20. The van der Waals surface area contributed by atoms with Crippen molar-refractivity contribution in [2.24, 2.45) is 0 Å². The van der Waals surface area contributed by atoms with Gasteiger partial charge in [0.05, 0.1) is 27.4 Å². The van der Waals surface area contributed by atoms with E-state index >= 15 is 0 Å². The predicted octanol–water partition coefficient (Wildman–Crippen LogP) is 0.898. The maximum absolute atomic E-state index is 12.0. The van der Waals surface area contributed by atoms with Gasteiger partial charge in [0.25, 0.3) is 0 Å². The summed E-state index contributed by atoms with van der Waals surface area (Å²) in [6.45, 7) is 1.98. The van der Waals surface area contributed by atoms with Crippen molar-refractivity contribution in [1.29, 1.82) is 0 Å². The number of carbonyl (C=O) groups is 1. The summed E-state index contributed by atoms with van der Waals surface area (Å²) in [7, 11) is 6.58. The Morgan fingerprint density at radius 2 is 2.00 bits per heavy atom. The van der Waals surface area contributed by atoms with Crippen molar-refractivity contribution in [1.82, 2.24) is 10.2 Å². The minimum absolute atomic E-state index is 0.0102. The smallest absolute Gasteiger partial charge is 0.236 e. The minimum Gasteiger partial charge on any atom is -0.493 e. The molecule has 6 heteroatoms. The molecule has 0 unspecified atom stereocenters. The van der Waals surface area contributed by atoms with Gasteiger partial charge in [-0.25, -0.2) is 0 Å². The summed E-state index contributed by atoms with van der Waals surface area (Å²) in [5.74, 6) is 1.33. The maximum atomic E-state index is 12.0. The van der Waals surface area contributed by atoms with E-state index in [2.05, 4.69) is 5.32 Å². The molecular weight excluding hydrogens is 272 g/mol. The summed E-state index contributed by atoms with van der Waals surface area (Å²) in [5.41, 5.74) is 0.907. The molecule has 0 aliphatic carbocycles. The zero-order valence-electron chi connectivity index (χ0n) is 13.1. The van der Waals surface area contributed by atoms with Crippen LogP contribution in [0.5, 0.6) is 11.5 Å². The van der Waals surface area contributed by atoms with Crippen LogP contribution in [-0.4, -0.2) is 58.9 Å². The lowest BCUT2D eigenvalue weighted by Gasteiger charge is -2.20. The molecular formula is C15H24N2O4. The lowest BCUT2D eigenvalue weighted by Crippen LogP contribution is -2.36. The molecule has 0 heterocycles. The molecule has 0 radical (unpaired) electrons. The fourth-order valence-corrected chi connectivity index (χ4v) is 1.93. The Labute approximate surface area is 126 Å². The van der Waals surface area contributed by atoms with E-state index in [0.29, 0.717) is 31.2 Å². The van der Waals surface area contributed by atoms with Gasteiger partial charge in [-0.15, -0.1) is 0 Å². The van der Waals surface area contributed by atoms with Gasteiger partial charge in [-0.05, 0) is 6.07 Å². The molecule has 0 fully saturated rings. The van der Waals surface area contributed by atoms with Crippen LogP contribution >= 0.6 is 0 Å². The Kier molecular flexibility index (Phi) is 7.56. The van der Waals surface area contributed by atoms with Crippen LogP contribution in [0, 0.1) is 0 Å². The van der Waals surface area contributed by atoms with Crippen LogP contribution in [-0.2, 0) is 16.1 Å². The molecule has 1 amide bonds. The molecule has 21 heavy (non-hydrogen) atoms. The van der Waals surface area contributed by atoms with Crippen molar-refractivity contribution >= 4 is 5.91 Å². The highest BCUT2D eigenvalue weighted by atomic mass is 16.5. The molecule has 118 valence electrons. The average molecular weight is 296 g/mol. The van der Waals surface area contributed by atoms with Crippen molar-refractivity contribution in [3.63, 3.8) is 0 Å². The average Bonchev–Trinajstić information content (AvgIpc) is 2.50. The van der Waals surface area contributed by atoms with Gasteiger partial charge < -0.3 is 24.4 Å². The van der Waals surface area contributed by atoms with Gasteiger partial charge in [-0.2, -0.15) is 0 Å². The Balaban J connectivity index is 2.61. The zero-order valence-corrected chi connectivity index (χ0v) is 13.1. The van der Waals surface area contributed by atoms with Gasteiger partial charge in [0.15, 0.2) is 11.5 Å². The number of nitrogens with one attached hydrogen (secondary N) is 1. The summed E-state index contributed by atoms with van der Waals surface area (Å²) < 4.78 is 15.5. The molecule has 0 saturated heterocycles. The van der Waals surface area contributed by atoms with Gasteiger partial charge in [-0.1, -0.05) is 12.1 Å². The molecule has 0 aromatic heterocycles. The monoisotopic (exact) mass is 296 g/mol. The highest BCUT2D eigenvalue weighted by molar-refractivity contribution is 5.78. The fourth-order valence-electron chi connectivity index (χ4n) is 1.93. The van der Waals surface area contributed by atoms with Crippen LogP contribution in [0.15, 0.2) is 18.2 Å². The summed E-state index contributed by atoms with van der Waals surface area (Å²) >= 11 is 0. The topological polar surface area (TPSA) is 60.0 Å². The normalized spacial score (nSPS) is 10.3. The zero-order chi connectivity index (χ0) is 15.7. The van der Waals surface area contributed by atoms with Crippen molar-refractivity contribution < 1.29 is 19.0 Å². The van der Waals surface area contributed by atoms with Gasteiger partial charge in [0.2, 0.25) is 5.91 Å². The predicted molar refractivity (Wildman–Crippen MR) is 80.8 cm³/mol. The fraction of sp³-hybridized carbons (Fsp3) is 0.533. The number of nitrogens with zero attached hydrogens (tertiary/aromatic N) is 1. The molecule has 0 bridgehead atoms. The third-order valence-electron chi connectivity index (χ3n) is 3.08. The number of ether oxygens (including phenoxy) is 3. The molecule has 1 N–H and O–H groups in total. The number of methoxy groups -OCH3 is 3. The summed E-state index contributed by atoms with van der Waals surface area (Å²) in [6.07, 6.45) is 0. The van der Waals surface area contributed by atoms with Gasteiger partial charge in [0, 0.05) is 32.8 Å². The lowest BCUT2D eigenvalue weighted by atomic mass is 10.1. The number of rotatable bonds is 9. The van der Waals surface area contributed by atoms with E-state index in [-0.39, 0.29) is 12.5 Å². The van der Waals surface area contributed by atoms with Crippen molar-refractivity contribution in [2.45, 2.75) is 6.54 Å². The van der Waals surface area contributed by atoms with E-state index in [4.69, 9.17) is 14.2 Å². The minimum atomic E-state index is 0.0102. The number of carbonyl (C=O) groups excluding carboxylic acids is 1. The third kappa shape index (κ3) is 5.24. The van der Waals surface area contributed by atoms with Crippen LogP contribution in [0.25, 0.3) is 0 Å². The van der Waals surface area contributed by atoms with E-state index in [1.165, 1.54) is 0 Å². The van der Waals surface area contributed by atoms with Gasteiger partial charge in [0.1, 0.15) is 0 Å². The molecule has 1 aromatic rings. The number of likely N-dealkylation sites (N-methyl/N-ethyl adjacent to an activating group) is 1. The van der Waals surface area contributed by atoms with E-state index in [0.717, 1.165) is 5.56 Å². The molecule has 1 rings (SSSR count). The molecule has 1 aromatic carbocycles. The second-order valence-corrected chi connectivity index (χ2v) is 4.57. The van der Waals surface area contributed by atoms with Crippen molar-refractivity contribution in [2.75, 3.05) is 48.1 Å². The number of hydrogen-bond donors (Lipinski definition) is 1. The van der Waals surface area contributed by atoms with Gasteiger partial charge in [-0.3, -0.25) is 4.79 Å². The Bertz CT molecular complexity index is 451. The summed E-state index contributed by atoms with van der Waals surface area (Å²) in [5, 5.41) is 3.03. The molecule has 0 aliphatic heterocycles. The largest absolute Gasteiger partial charge is 0.493 e. The number of para-hydroxylation sites is 1. The summed E-state index contributed by atoms with van der Waals surface area (Å²) in [6, 6.07) is 5.63. The number of benzene rings is 1. The Hall–Kier alpha value is -1.79. The molecule has 0 spiro atoms. The standard InChI is InChI=1S/C15H24N2O4/c1-17(14(18)10-16-8-9-19-2)11-12-6-5-7-13(20-3)15(12)21-4/h5-7,16H,8-11H2,1-4H3. The third-order valence-corrected chi connectivity index (χ3v) is 3.08. The SMILES string of the molecule is COCCNCC(=O)N(C)Cc1cccc(OC)c1OC. The van der Waals surface area contributed by atoms with E-state index in [1.54, 1.807) is 33.3 Å². The first-order chi connectivity index (χ1) is 10.1. The van der Waals surface area contributed by atoms with Crippen LogP contribution < -0.4 is 14.8 Å². The van der Waals surface area contributed by atoms with E-state index in [9.17, 15) is 4.79 Å². The van der Waals surface area contributed by atoms with Gasteiger partial charge >= 0.3 is 0 Å². The van der Waals surface area contributed by atoms with Crippen LogP contribution in [0.1, 0.15) is 5.56 Å².